The largest absolute Gasteiger partial charge is 0.293 e. The van der Waals surface area contributed by atoms with Gasteiger partial charge >= 0.3 is 0 Å². The number of thioether (sulfide) groups is 2. The zero-order valence-corrected chi connectivity index (χ0v) is 12.9. The first-order valence-electron chi connectivity index (χ1n) is 7.13. The van der Waals surface area contributed by atoms with Crippen molar-refractivity contribution >= 4 is 29.3 Å². The zero-order valence-electron chi connectivity index (χ0n) is 11.3. The molecule has 102 valence electrons. The fourth-order valence-electron chi connectivity index (χ4n) is 2.87. The van der Waals surface area contributed by atoms with Gasteiger partial charge in [0, 0.05) is 22.3 Å². The average Bonchev–Trinajstić information content (AvgIpc) is 2.37. The summed E-state index contributed by atoms with van der Waals surface area (Å²) >= 11 is 3.79. The van der Waals surface area contributed by atoms with Gasteiger partial charge < -0.3 is 0 Å². The van der Waals surface area contributed by atoms with Crippen molar-refractivity contribution in [3.63, 3.8) is 0 Å². The second kappa shape index (κ2) is 5.92. The molecule has 0 spiro atoms. The molecular formula is C16H20OS2. The molecule has 2 atom stereocenters. The highest BCUT2D eigenvalue weighted by atomic mass is 32.2. The Kier molecular flexibility index (Phi) is 4.23. The second-order valence-electron chi connectivity index (χ2n) is 5.45. The van der Waals surface area contributed by atoms with Crippen molar-refractivity contribution in [1.82, 2.24) is 0 Å². The van der Waals surface area contributed by atoms with Gasteiger partial charge in [0.05, 0.1) is 5.25 Å². The summed E-state index contributed by atoms with van der Waals surface area (Å²) in [5.41, 5.74) is 2.31. The summed E-state index contributed by atoms with van der Waals surface area (Å²) in [5, 5.41) is 0.598. The number of hydrogen-bond acceptors (Lipinski definition) is 3. The predicted octanol–water partition coefficient (Wildman–Crippen LogP) is 4.37. The molecule has 0 aromatic heterocycles. The van der Waals surface area contributed by atoms with Crippen LogP contribution < -0.4 is 0 Å². The van der Waals surface area contributed by atoms with Gasteiger partial charge in [-0.15, -0.1) is 11.8 Å². The first-order valence-corrected chi connectivity index (χ1v) is 9.23. The minimum absolute atomic E-state index is 0.153. The van der Waals surface area contributed by atoms with Crippen LogP contribution in [-0.2, 0) is 0 Å². The molecule has 0 amide bonds. The summed E-state index contributed by atoms with van der Waals surface area (Å²) < 4.78 is 0. The van der Waals surface area contributed by atoms with Gasteiger partial charge in [-0.05, 0) is 24.3 Å². The van der Waals surface area contributed by atoms with Crippen LogP contribution in [0.15, 0.2) is 24.3 Å². The molecule has 1 saturated heterocycles. The van der Waals surface area contributed by atoms with Crippen LogP contribution in [-0.4, -0.2) is 27.8 Å². The van der Waals surface area contributed by atoms with Crippen molar-refractivity contribution < 1.29 is 4.79 Å². The third kappa shape index (κ3) is 2.73. The number of hydrogen-bond donors (Lipinski definition) is 0. The average molecular weight is 292 g/mol. The van der Waals surface area contributed by atoms with E-state index in [1.54, 1.807) is 0 Å². The Morgan fingerprint density at radius 3 is 2.58 bits per heavy atom. The molecule has 0 bridgehead atoms. The van der Waals surface area contributed by atoms with Gasteiger partial charge in [-0.2, -0.15) is 11.8 Å². The molecule has 3 heteroatoms. The van der Waals surface area contributed by atoms with E-state index in [1.165, 1.54) is 30.6 Å². The van der Waals surface area contributed by atoms with E-state index in [0.29, 0.717) is 17.0 Å². The van der Waals surface area contributed by atoms with Gasteiger partial charge in [-0.25, -0.2) is 0 Å². The number of benzene rings is 1. The van der Waals surface area contributed by atoms with Crippen LogP contribution in [0, 0.1) is 0 Å². The third-order valence-electron chi connectivity index (χ3n) is 4.22. The van der Waals surface area contributed by atoms with E-state index in [4.69, 9.17) is 0 Å². The van der Waals surface area contributed by atoms with Crippen LogP contribution in [0.5, 0.6) is 0 Å². The predicted molar refractivity (Wildman–Crippen MR) is 85.5 cm³/mol. The first-order chi connectivity index (χ1) is 9.27. The van der Waals surface area contributed by atoms with Crippen LogP contribution in [0.3, 0.4) is 0 Å². The van der Waals surface area contributed by atoms with E-state index in [-0.39, 0.29) is 5.25 Å². The van der Waals surface area contributed by atoms with Gasteiger partial charge in [-0.1, -0.05) is 37.6 Å². The van der Waals surface area contributed by atoms with Gasteiger partial charge in [0.15, 0.2) is 5.78 Å². The quantitative estimate of drug-likeness (QED) is 0.770. The van der Waals surface area contributed by atoms with E-state index >= 15 is 0 Å². The minimum atomic E-state index is 0.153. The SMILES string of the molecule is CC1SCCSC1C(=O)c1ccccc1C1CCC1. The molecule has 0 N–H and O–H groups in total. The molecule has 1 aliphatic heterocycles. The van der Waals surface area contributed by atoms with Crippen LogP contribution >= 0.6 is 23.5 Å². The maximum Gasteiger partial charge on any atom is 0.177 e. The third-order valence-corrected chi connectivity index (χ3v) is 7.31. The lowest BCUT2D eigenvalue weighted by molar-refractivity contribution is 0.0987. The van der Waals surface area contributed by atoms with Crippen LogP contribution in [0.2, 0.25) is 0 Å². The van der Waals surface area contributed by atoms with E-state index < -0.39 is 0 Å². The molecule has 1 aliphatic carbocycles. The Hall–Kier alpha value is -0.410. The summed E-state index contributed by atoms with van der Waals surface area (Å²) in [5.74, 6) is 3.29. The van der Waals surface area contributed by atoms with Crippen molar-refractivity contribution in [1.29, 1.82) is 0 Å². The van der Waals surface area contributed by atoms with Gasteiger partial charge in [0.1, 0.15) is 0 Å². The van der Waals surface area contributed by atoms with Crippen molar-refractivity contribution in [2.75, 3.05) is 11.5 Å². The molecule has 1 nitrogen and oxygen atoms in total. The molecule has 1 aromatic rings. The highest BCUT2D eigenvalue weighted by Crippen LogP contribution is 2.40. The Bertz CT molecular complexity index is 468. The van der Waals surface area contributed by atoms with Gasteiger partial charge in [0.25, 0.3) is 0 Å². The van der Waals surface area contributed by atoms with Crippen molar-refractivity contribution in [2.45, 2.75) is 42.6 Å². The molecule has 1 saturated carbocycles. The smallest absolute Gasteiger partial charge is 0.177 e. The standard InChI is InChI=1S/C16H20OS2/c1-11-16(19-10-9-18-11)15(17)14-8-3-2-7-13(14)12-5-4-6-12/h2-3,7-8,11-12,16H,4-6,9-10H2,1H3. The molecule has 2 unspecified atom stereocenters. The molecule has 0 radical (unpaired) electrons. The second-order valence-corrected chi connectivity index (χ2v) is 8.18. The highest BCUT2D eigenvalue weighted by molar-refractivity contribution is 8.07. The molecule has 2 aliphatic rings. The van der Waals surface area contributed by atoms with E-state index in [0.717, 1.165) is 11.3 Å². The monoisotopic (exact) mass is 292 g/mol. The number of Topliss-reactive ketones (excluding diaryl/α,β-unsaturated/α-hetero) is 1. The molecular weight excluding hydrogens is 272 g/mol. The minimum Gasteiger partial charge on any atom is -0.293 e. The number of carbonyl (C=O) groups excluding carboxylic acids is 1. The zero-order chi connectivity index (χ0) is 13.2. The van der Waals surface area contributed by atoms with Crippen LogP contribution in [0.1, 0.15) is 48.0 Å². The van der Waals surface area contributed by atoms with Crippen LogP contribution in [0.4, 0.5) is 0 Å². The summed E-state index contributed by atoms with van der Waals surface area (Å²) in [6.45, 7) is 2.20. The topological polar surface area (TPSA) is 17.1 Å². The van der Waals surface area contributed by atoms with Crippen molar-refractivity contribution in [2.24, 2.45) is 0 Å². The summed E-state index contributed by atoms with van der Waals surface area (Å²) in [6, 6.07) is 8.31. The summed E-state index contributed by atoms with van der Waals surface area (Å²) in [6.07, 6.45) is 3.83. The maximum atomic E-state index is 12.8. The molecule has 1 aromatic carbocycles. The lowest BCUT2D eigenvalue weighted by Gasteiger charge is -2.30. The summed E-state index contributed by atoms with van der Waals surface area (Å²) in [4.78, 5) is 12.8. The lowest BCUT2D eigenvalue weighted by Crippen LogP contribution is -2.32. The Morgan fingerprint density at radius 1 is 1.16 bits per heavy atom. The van der Waals surface area contributed by atoms with Crippen molar-refractivity contribution in [3.05, 3.63) is 35.4 Å². The van der Waals surface area contributed by atoms with Gasteiger partial charge in [0.2, 0.25) is 0 Å². The van der Waals surface area contributed by atoms with E-state index in [9.17, 15) is 4.79 Å². The highest BCUT2D eigenvalue weighted by Gasteiger charge is 2.32. The Labute approximate surface area is 123 Å². The number of carbonyl (C=O) groups is 1. The molecule has 1 heterocycles. The van der Waals surface area contributed by atoms with E-state index in [1.807, 2.05) is 35.7 Å². The van der Waals surface area contributed by atoms with E-state index in [2.05, 4.69) is 19.1 Å². The first kappa shape index (κ1) is 13.6. The fourth-order valence-corrected chi connectivity index (χ4v) is 5.59. The van der Waals surface area contributed by atoms with Crippen molar-refractivity contribution in [3.8, 4) is 0 Å². The molecule has 19 heavy (non-hydrogen) atoms. The van der Waals surface area contributed by atoms with Gasteiger partial charge in [-0.3, -0.25) is 4.79 Å². The fraction of sp³-hybridized carbons (Fsp3) is 0.562. The van der Waals surface area contributed by atoms with Crippen LogP contribution in [0.25, 0.3) is 0 Å². The molecule has 3 rings (SSSR count). The number of ketones is 1. The Balaban J connectivity index is 1.86. The Morgan fingerprint density at radius 2 is 1.89 bits per heavy atom. The number of rotatable bonds is 3. The molecule has 2 fully saturated rings. The maximum absolute atomic E-state index is 12.8. The lowest BCUT2D eigenvalue weighted by atomic mass is 9.77. The summed E-state index contributed by atoms with van der Waals surface area (Å²) in [7, 11) is 0. The normalized spacial score (nSPS) is 27.8.